The highest BCUT2D eigenvalue weighted by Crippen LogP contribution is 2.15. The number of nitrogens with zero attached hydrogens (tertiary/aromatic N) is 2. The number of benzene rings is 1. The van der Waals surface area contributed by atoms with Gasteiger partial charge in [-0.1, -0.05) is 25.5 Å². The molecule has 1 saturated heterocycles. The van der Waals surface area contributed by atoms with Crippen LogP contribution in [0, 0.1) is 0 Å². The van der Waals surface area contributed by atoms with Crippen LogP contribution in [0.2, 0.25) is 0 Å². The van der Waals surface area contributed by atoms with Gasteiger partial charge >= 0.3 is 6.03 Å². The van der Waals surface area contributed by atoms with Gasteiger partial charge in [0.2, 0.25) is 0 Å². The van der Waals surface area contributed by atoms with Crippen LogP contribution in [0.4, 0.5) is 4.79 Å². The standard InChI is InChI=1S/C16H23N3O3/c1-4-5-14-15(20)19(16(21)17-14)11-18(2)10-12-6-8-13(22-3)9-7-12/h6-9,14H,4-5,10-11H2,1-3H3,(H,17,21)/t14-/m1/s1. The average Bonchev–Trinajstić information content (AvgIpc) is 2.76. The van der Waals surface area contributed by atoms with Crippen LogP contribution >= 0.6 is 0 Å². The minimum Gasteiger partial charge on any atom is -0.497 e. The molecule has 0 aromatic heterocycles. The van der Waals surface area contributed by atoms with E-state index in [9.17, 15) is 9.59 Å². The molecular weight excluding hydrogens is 282 g/mol. The van der Waals surface area contributed by atoms with E-state index in [1.54, 1.807) is 7.11 Å². The summed E-state index contributed by atoms with van der Waals surface area (Å²) in [6, 6.07) is 7.07. The maximum Gasteiger partial charge on any atom is 0.325 e. The first kappa shape index (κ1) is 16.3. The molecule has 1 aromatic rings. The zero-order valence-electron chi connectivity index (χ0n) is 13.3. The number of amides is 3. The third-order valence-electron chi connectivity index (χ3n) is 3.68. The fourth-order valence-electron chi connectivity index (χ4n) is 2.53. The Labute approximate surface area is 131 Å². The predicted molar refractivity (Wildman–Crippen MR) is 83.4 cm³/mol. The van der Waals surface area contributed by atoms with E-state index < -0.39 is 0 Å². The first-order valence-electron chi connectivity index (χ1n) is 7.48. The lowest BCUT2D eigenvalue weighted by atomic mass is 10.2. The summed E-state index contributed by atoms with van der Waals surface area (Å²) in [5.74, 6) is 0.677. The Morgan fingerprint density at radius 2 is 1.95 bits per heavy atom. The van der Waals surface area contributed by atoms with Crippen molar-refractivity contribution in [3.05, 3.63) is 29.8 Å². The second kappa shape index (κ2) is 7.26. The van der Waals surface area contributed by atoms with Crippen LogP contribution in [-0.4, -0.2) is 48.6 Å². The lowest BCUT2D eigenvalue weighted by Crippen LogP contribution is -2.40. The van der Waals surface area contributed by atoms with Gasteiger partial charge in [0, 0.05) is 6.54 Å². The lowest BCUT2D eigenvalue weighted by molar-refractivity contribution is -0.129. The minimum absolute atomic E-state index is 0.131. The van der Waals surface area contributed by atoms with Gasteiger partial charge in [-0.3, -0.25) is 9.69 Å². The molecule has 0 unspecified atom stereocenters. The Balaban J connectivity index is 1.92. The van der Waals surface area contributed by atoms with E-state index in [1.807, 2.05) is 43.1 Å². The average molecular weight is 305 g/mol. The van der Waals surface area contributed by atoms with Crippen LogP contribution in [0.1, 0.15) is 25.3 Å². The highest BCUT2D eigenvalue weighted by Gasteiger charge is 2.37. The van der Waals surface area contributed by atoms with E-state index in [4.69, 9.17) is 4.74 Å². The highest BCUT2D eigenvalue weighted by atomic mass is 16.5. The number of carbonyl (C=O) groups is 2. The molecule has 6 heteroatoms. The van der Waals surface area contributed by atoms with Crippen LogP contribution < -0.4 is 10.1 Å². The van der Waals surface area contributed by atoms with Crippen molar-refractivity contribution in [1.29, 1.82) is 0 Å². The second-order valence-corrected chi connectivity index (χ2v) is 5.56. The molecule has 1 fully saturated rings. The SMILES string of the molecule is CCC[C@H]1NC(=O)N(CN(C)Cc2ccc(OC)cc2)C1=O. The molecule has 2 rings (SSSR count). The monoisotopic (exact) mass is 305 g/mol. The molecule has 22 heavy (non-hydrogen) atoms. The molecule has 1 aliphatic rings. The molecule has 0 saturated carbocycles. The highest BCUT2D eigenvalue weighted by molar-refractivity contribution is 6.04. The van der Waals surface area contributed by atoms with E-state index in [-0.39, 0.29) is 24.6 Å². The number of methoxy groups -OCH3 is 1. The van der Waals surface area contributed by atoms with Gasteiger partial charge in [0.1, 0.15) is 11.8 Å². The van der Waals surface area contributed by atoms with E-state index in [0.717, 1.165) is 17.7 Å². The van der Waals surface area contributed by atoms with Crippen LogP contribution in [0.25, 0.3) is 0 Å². The van der Waals surface area contributed by atoms with E-state index in [0.29, 0.717) is 13.0 Å². The maximum atomic E-state index is 12.2. The van der Waals surface area contributed by atoms with E-state index >= 15 is 0 Å². The first-order chi connectivity index (χ1) is 10.5. The number of ether oxygens (including phenoxy) is 1. The van der Waals surface area contributed by atoms with Gasteiger partial charge in [0.05, 0.1) is 13.8 Å². The molecule has 1 aromatic carbocycles. The smallest absolute Gasteiger partial charge is 0.325 e. The molecule has 120 valence electrons. The summed E-state index contributed by atoms with van der Waals surface area (Å²) in [6.45, 7) is 2.94. The van der Waals surface area contributed by atoms with Crippen LogP contribution in [0.3, 0.4) is 0 Å². The number of urea groups is 1. The summed E-state index contributed by atoms with van der Waals surface area (Å²) in [6.07, 6.45) is 1.55. The quantitative estimate of drug-likeness (QED) is 0.780. The molecule has 1 heterocycles. The molecule has 0 radical (unpaired) electrons. The third kappa shape index (κ3) is 3.76. The zero-order valence-corrected chi connectivity index (χ0v) is 13.3. The Kier molecular flexibility index (Phi) is 5.38. The number of carbonyl (C=O) groups excluding carboxylic acids is 2. The Bertz CT molecular complexity index is 530. The van der Waals surface area contributed by atoms with Gasteiger partial charge in [-0.25, -0.2) is 9.69 Å². The summed E-state index contributed by atoms with van der Waals surface area (Å²) in [7, 11) is 3.52. The first-order valence-corrected chi connectivity index (χ1v) is 7.48. The molecule has 0 aliphatic carbocycles. The number of rotatable bonds is 7. The zero-order chi connectivity index (χ0) is 16.1. The molecule has 1 N–H and O–H groups in total. The van der Waals surface area contributed by atoms with Gasteiger partial charge in [0.15, 0.2) is 0 Å². The topological polar surface area (TPSA) is 61.9 Å². The van der Waals surface area contributed by atoms with Gasteiger partial charge in [-0.05, 0) is 31.2 Å². The lowest BCUT2D eigenvalue weighted by Gasteiger charge is -2.22. The van der Waals surface area contributed by atoms with Gasteiger partial charge in [-0.15, -0.1) is 0 Å². The Morgan fingerprint density at radius 1 is 1.27 bits per heavy atom. The van der Waals surface area contributed by atoms with Gasteiger partial charge in [0.25, 0.3) is 5.91 Å². The van der Waals surface area contributed by atoms with Crippen molar-refractivity contribution in [2.45, 2.75) is 32.4 Å². The Hall–Kier alpha value is -2.08. The van der Waals surface area contributed by atoms with Crippen molar-refractivity contribution in [2.24, 2.45) is 0 Å². The summed E-state index contributed by atoms with van der Waals surface area (Å²) in [5.41, 5.74) is 1.10. The summed E-state index contributed by atoms with van der Waals surface area (Å²) in [4.78, 5) is 27.3. The van der Waals surface area contributed by atoms with Gasteiger partial charge < -0.3 is 10.1 Å². The molecule has 3 amide bonds. The molecule has 0 spiro atoms. The summed E-state index contributed by atoms with van der Waals surface area (Å²) < 4.78 is 5.13. The van der Waals surface area contributed by atoms with Crippen LogP contribution in [0.5, 0.6) is 5.75 Å². The minimum atomic E-state index is -0.369. The molecule has 6 nitrogen and oxygen atoms in total. The number of imide groups is 1. The van der Waals surface area contributed by atoms with Crippen molar-refractivity contribution in [1.82, 2.24) is 15.1 Å². The van der Waals surface area contributed by atoms with Crippen molar-refractivity contribution >= 4 is 11.9 Å². The number of hydrogen-bond donors (Lipinski definition) is 1. The largest absolute Gasteiger partial charge is 0.497 e. The fourth-order valence-corrected chi connectivity index (χ4v) is 2.53. The fraction of sp³-hybridized carbons (Fsp3) is 0.500. The molecular formula is C16H23N3O3. The van der Waals surface area contributed by atoms with E-state index in [1.165, 1.54) is 4.90 Å². The van der Waals surface area contributed by atoms with Gasteiger partial charge in [-0.2, -0.15) is 0 Å². The van der Waals surface area contributed by atoms with Crippen LogP contribution in [-0.2, 0) is 11.3 Å². The van der Waals surface area contributed by atoms with Crippen molar-refractivity contribution < 1.29 is 14.3 Å². The molecule has 0 bridgehead atoms. The van der Waals surface area contributed by atoms with Crippen molar-refractivity contribution in [3.8, 4) is 5.75 Å². The van der Waals surface area contributed by atoms with Crippen molar-refractivity contribution in [2.75, 3.05) is 20.8 Å². The number of nitrogens with one attached hydrogen (secondary N) is 1. The maximum absolute atomic E-state index is 12.2. The second-order valence-electron chi connectivity index (χ2n) is 5.56. The normalized spacial score (nSPS) is 18.0. The Morgan fingerprint density at radius 3 is 2.55 bits per heavy atom. The summed E-state index contributed by atoms with van der Waals surface area (Å²) >= 11 is 0. The van der Waals surface area contributed by atoms with E-state index in [2.05, 4.69) is 5.32 Å². The van der Waals surface area contributed by atoms with Crippen LogP contribution in [0.15, 0.2) is 24.3 Å². The molecule has 1 aliphatic heterocycles. The van der Waals surface area contributed by atoms with Crippen molar-refractivity contribution in [3.63, 3.8) is 0 Å². The molecule has 1 atom stereocenters. The number of hydrogen-bond acceptors (Lipinski definition) is 4. The predicted octanol–water partition coefficient (Wildman–Crippen LogP) is 1.80. The third-order valence-corrected chi connectivity index (χ3v) is 3.68. The summed E-state index contributed by atoms with van der Waals surface area (Å²) in [5, 5.41) is 2.73.